The molecule has 124 valence electrons. The molecule has 0 radical (unpaired) electrons. The quantitative estimate of drug-likeness (QED) is 0.907. The van der Waals surface area contributed by atoms with Crippen LogP contribution in [-0.2, 0) is 9.53 Å². The molecule has 1 N–H and O–H groups in total. The molecule has 5 heteroatoms. The summed E-state index contributed by atoms with van der Waals surface area (Å²) in [4.78, 5) is 12.4. The number of carbonyl (C=O) groups is 1. The molecule has 2 heterocycles. The van der Waals surface area contributed by atoms with Gasteiger partial charge in [-0.05, 0) is 38.8 Å². The first-order valence-electron chi connectivity index (χ1n) is 8.20. The van der Waals surface area contributed by atoms with Crippen LogP contribution >= 0.6 is 0 Å². The summed E-state index contributed by atoms with van der Waals surface area (Å²) in [5.74, 6) is 1.33. The van der Waals surface area contributed by atoms with Gasteiger partial charge < -0.3 is 19.5 Å². The molecule has 1 amide bonds. The Morgan fingerprint density at radius 3 is 3.09 bits per heavy atom. The lowest BCUT2D eigenvalue weighted by Gasteiger charge is -2.23. The van der Waals surface area contributed by atoms with Crippen LogP contribution in [0.15, 0.2) is 23.8 Å². The maximum atomic E-state index is 12.4. The lowest BCUT2D eigenvalue weighted by Crippen LogP contribution is -2.42. The number of benzene rings is 1. The van der Waals surface area contributed by atoms with E-state index in [9.17, 15) is 4.79 Å². The van der Waals surface area contributed by atoms with E-state index in [0.717, 1.165) is 25.0 Å². The molecule has 23 heavy (non-hydrogen) atoms. The second-order valence-electron chi connectivity index (χ2n) is 5.88. The van der Waals surface area contributed by atoms with Gasteiger partial charge in [-0.1, -0.05) is 12.1 Å². The molecule has 0 aromatic heterocycles. The molecule has 0 bridgehead atoms. The molecule has 1 aromatic carbocycles. The van der Waals surface area contributed by atoms with E-state index in [1.807, 2.05) is 38.1 Å². The van der Waals surface area contributed by atoms with Crippen LogP contribution in [0.3, 0.4) is 0 Å². The minimum atomic E-state index is -0.0968. The van der Waals surface area contributed by atoms with Crippen molar-refractivity contribution in [1.82, 2.24) is 5.32 Å². The summed E-state index contributed by atoms with van der Waals surface area (Å²) in [6.45, 7) is 5.53. The van der Waals surface area contributed by atoms with E-state index in [0.29, 0.717) is 23.7 Å². The first kappa shape index (κ1) is 15.9. The lowest BCUT2D eigenvalue weighted by atomic mass is 10.1. The van der Waals surface area contributed by atoms with Crippen molar-refractivity contribution in [2.24, 2.45) is 0 Å². The van der Waals surface area contributed by atoms with E-state index in [2.05, 4.69) is 5.32 Å². The standard InChI is InChI=1S/C18H23NO4/c1-3-21-16-7-4-6-13-10-14(11-23-17(13)16)18(20)19-12(2)15-8-5-9-22-15/h4,6-7,10,12,15H,3,5,8-9,11H2,1-2H3,(H,19,20)/t12-,15+/m1/s1. The Labute approximate surface area is 136 Å². The maximum Gasteiger partial charge on any atom is 0.250 e. The number of hydrogen-bond acceptors (Lipinski definition) is 4. The van der Waals surface area contributed by atoms with Crippen molar-refractivity contribution in [3.63, 3.8) is 0 Å². The second-order valence-corrected chi connectivity index (χ2v) is 5.88. The normalized spacial score (nSPS) is 21.0. The average Bonchev–Trinajstić information content (AvgIpc) is 3.09. The first-order chi connectivity index (χ1) is 11.2. The number of fused-ring (bicyclic) bond motifs is 1. The van der Waals surface area contributed by atoms with Crippen molar-refractivity contribution in [1.29, 1.82) is 0 Å². The van der Waals surface area contributed by atoms with Gasteiger partial charge in [-0.2, -0.15) is 0 Å². The fourth-order valence-corrected chi connectivity index (χ4v) is 2.97. The summed E-state index contributed by atoms with van der Waals surface area (Å²) in [6, 6.07) is 5.70. The number of amides is 1. The van der Waals surface area contributed by atoms with Gasteiger partial charge in [-0.15, -0.1) is 0 Å². The molecule has 5 nitrogen and oxygen atoms in total. The molecule has 2 atom stereocenters. The Morgan fingerprint density at radius 1 is 1.48 bits per heavy atom. The van der Waals surface area contributed by atoms with Crippen LogP contribution in [0, 0.1) is 0 Å². The number of hydrogen-bond donors (Lipinski definition) is 1. The summed E-state index contributed by atoms with van der Waals surface area (Å²) >= 11 is 0. The van der Waals surface area contributed by atoms with Gasteiger partial charge in [0.25, 0.3) is 5.91 Å². The highest BCUT2D eigenvalue weighted by Gasteiger charge is 2.26. The Bertz CT molecular complexity index is 605. The van der Waals surface area contributed by atoms with Crippen molar-refractivity contribution in [3.05, 3.63) is 29.3 Å². The Balaban J connectivity index is 1.71. The Kier molecular flexibility index (Phi) is 4.86. The van der Waals surface area contributed by atoms with Crippen molar-refractivity contribution in [2.75, 3.05) is 19.8 Å². The van der Waals surface area contributed by atoms with E-state index < -0.39 is 0 Å². The summed E-state index contributed by atoms with van der Waals surface area (Å²) in [6.07, 6.45) is 4.04. The second kappa shape index (κ2) is 7.04. The molecule has 0 aliphatic carbocycles. The molecular formula is C18H23NO4. The van der Waals surface area contributed by atoms with Gasteiger partial charge in [0.15, 0.2) is 11.5 Å². The number of nitrogens with one attached hydrogen (secondary N) is 1. The zero-order chi connectivity index (χ0) is 16.2. The van der Waals surface area contributed by atoms with Crippen molar-refractivity contribution in [2.45, 2.75) is 38.8 Å². The lowest BCUT2D eigenvalue weighted by molar-refractivity contribution is -0.119. The number of para-hydroxylation sites is 1. The number of carbonyl (C=O) groups excluding carboxylic acids is 1. The third-order valence-electron chi connectivity index (χ3n) is 4.18. The van der Waals surface area contributed by atoms with Crippen molar-refractivity contribution < 1.29 is 19.0 Å². The van der Waals surface area contributed by atoms with E-state index in [1.54, 1.807) is 0 Å². The molecular weight excluding hydrogens is 294 g/mol. The van der Waals surface area contributed by atoms with E-state index >= 15 is 0 Å². The third-order valence-corrected chi connectivity index (χ3v) is 4.18. The minimum Gasteiger partial charge on any atom is -0.490 e. The maximum absolute atomic E-state index is 12.4. The van der Waals surface area contributed by atoms with Crippen LogP contribution in [0.1, 0.15) is 32.3 Å². The zero-order valence-corrected chi connectivity index (χ0v) is 13.6. The fourth-order valence-electron chi connectivity index (χ4n) is 2.97. The Hall–Kier alpha value is -2.01. The summed E-state index contributed by atoms with van der Waals surface area (Å²) in [5, 5.41) is 3.02. The molecule has 2 aliphatic heterocycles. The predicted molar refractivity (Wildman–Crippen MR) is 87.7 cm³/mol. The first-order valence-corrected chi connectivity index (χ1v) is 8.20. The highest BCUT2D eigenvalue weighted by Crippen LogP contribution is 2.35. The van der Waals surface area contributed by atoms with E-state index in [-0.39, 0.29) is 24.7 Å². The molecule has 2 aliphatic rings. The van der Waals surface area contributed by atoms with Crippen LogP contribution in [0.5, 0.6) is 11.5 Å². The van der Waals surface area contributed by atoms with Crippen molar-refractivity contribution in [3.8, 4) is 11.5 Å². The summed E-state index contributed by atoms with van der Waals surface area (Å²) < 4.78 is 16.9. The molecule has 0 saturated carbocycles. The van der Waals surface area contributed by atoms with Gasteiger partial charge >= 0.3 is 0 Å². The highest BCUT2D eigenvalue weighted by atomic mass is 16.5. The number of ether oxygens (including phenoxy) is 3. The van der Waals surface area contributed by atoms with Gasteiger partial charge in [0.2, 0.25) is 0 Å². The van der Waals surface area contributed by atoms with Crippen LogP contribution < -0.4 is 14.8 Å². The van der Waals surface area contributed by atoms with E-state index in [4.69, 9.17) is 14.2 Å². The van der Waals surface area contributed by atoms with Gasteiger partial charge in [-0.3, -0.25) is 4.79 Å². The predicted octanol–water partition coefficient (Wildman–Crippen LogP) is 2.54. The topological polar surface area (TPSA) is 56.8 Å². The van der Waals surface area contributed by atoms with Crippen molar-refractivity contribution >= 4 is 12.0 Å². The largest absolute Gasteiger partial charge is 0.490 e. The zero-order valence-electron chi connectivity index (χ0n) is 13.6. The van der Waals surface area contributed by atoms with Crippen LogP contribution in [0.4, 0.5) is 0 Å². The molecule has 3 rings (SSSR count). The Morgan fingerprint density at radius 2 is 2.35 bits per heavy atom. The molecule has 1 saturated heterocycles. The monoisotopic (exact) mass is 317 g/mol. The third kappa shape index (κ3) is 3.50. The van der Waals surface area contributed by atoms with Gasteiger partial charge in [0, 0.05) is 12.2 Å². The van der Waals surface area contributed by atoms with Gasteiger partial charge in [-0.25, -0.2) is 0 Å². The smallest absolute Gasteiger partial charge is 0.250 e. The number of rotatable bonds is 5. The molecule has 0 spiro atoms. The van der Waals surface area contributed by atoms with Crippen LogP contribution in [0.2, 0.25) is 0 Å². The summed E-state index contributed by atoms with van der Waals surface area (Å²) in [7, 11) is 0. The summed E-state index contributed by atoms with van der Waals surface area (Å²) in [5.41, 5.74) is 1.49. The van der Waals surface area contributed by atoms with Crippen LogP contribution in [-0.4, -0.2) is 37.9 Å². The minimum absolute atomic E-state index is 0.00190. The highest BCUT2D eigenvalue weighted by molar-refractivity contribution is 5.99. The fraction of sp³-hybridized carbons (Fsp3) is 0.500. The molecule has 0 unspecified atom stereocenters. The average molecular weight is 317 g/mol. The van der Waals surface area contributed by atoms with E-state index in [1.165, 1.54) is 0 Å². The molecule has 1 fully saturated rings. The van der Waals surface area contributed by atoms with Crippen LogP contribution in [0.25, 0.3) is 6.08 Å². The van der Waals surface area contributed by atoms with Gasteiger partial charge in [0.1, 0.15) is 6.61 Å². The molecule has 1 aromatic rings. The van der Waals surface area contributed by atoms with Gasteiger partial charge in [0.05, 0.1) is 24.3 Å². The SMILES string of the molecule is CCOc1cccc2c1OCC(C(=O)N[C@H](C)[C@@H]1CCCO1)=C2.